The van der Waals surface area contributed by atoms with E-state index in [2.05, 4.69) is 0 Å². The first-order valence-electron chi connectivity index (χ1n) is 8.65. The van der Waals surface area contributed by atoms with Crippen molar-refractivity contribution in [3.8, 4) is 5.75 Å². The van der Waals surface area contributed by atoms with E-state index in [9.17, 15) is 14.7 Å². The first-order valence-corrected chi connectivity index (χ1v) is 8.65. The number of carbonyl (C=O) groups is 2. The van der Waals surface area contributed by atoms with Gasteiger partial charge in [-0.2, -0.15) is 0 Å². The van der Waals surface area contributed by atoms with Crippen LogP contribution in [0.4, 0.5) is 0 Å². The molecule has 0 unspecified atom stereocenters. The van der Waals surface area contributed by atoms with Gasteiger partial charge in [-0.05, 0) is 44.9 Å². The number of methoxy groups -OCH3 is 1. The molecule has 1 aromatic carbocycles. The maximum absolute atomic E-state index is 12.8. The molecule has 0 radical (unpaired) electrons. The van der Waals surface area contributed by atoms with Gasteiger partial charge in [-0.1, -0.05) is 6.07 Å². The molecule has 0 atom stereocenters. The van der Waals surface area contributed by atoms with Gasteiger partial charge < -0.3 is 19.6 Å². The third-order valence-electron chi connectivity index (χ3n) is 4.37. The highest BCUT2D eigenvalue weighted by Gasteiger charge is 2.26. The van der Waals surface area contributed by atoms with Gasteiger partial charge in [0.2, 0.25) is 5.91 Å². The number of aliphatic hydroxyl groups is 1. The van der Waals surface area contributed by atoms with E-state index in [0.717, 1.165) is 12.0 Å². The molecule has 0 bridgehead atoms. The topological polar surface area (TPSA) is 70.1 Å². The summed E-state index contributed by atoms with van der Waals surface area (Å²) in [5.41, 5.74) is 0.564. The number of rotatable bonds is 4. The molecule has 6 nitrogen and oxygen atoms in total. The summed E-state index contributed by atoms with van der Waals surface area (Å²) in [6.07, 6.45) is 0.822. The smallest absolute Gasteiger partial charge is 0.254 e. The van der Waals surface area contributed by atoms with Gasteiger partial charge >= 0.3 is 0 Å². The molecular formula is C19H28N2O4. The highest BCUT2D eigenvalue weighted by atomic mass is 16.5. The van der Waals surface area contributed by atoms with E-state index in [1.807, 2.05) is 19.1 Å². The van der Waals surface area contributed by atoms with Crippen molar-refractivity contribution in [3.05, 3.63) is 29.3 Å². The summed E-state index contributed by atoms with van der Waals surface area (Å²) >= 11 is 0. The van der Waals surface area contributed by atoms with E-state index in [1.165, 1.54) is 0 Å². The summed E-state index contributed by atoms with van der Waals surface area (Å²) in [5, 5.41) is 9.83. The van der Waals surface area contributed by atoms with Crippen molar-refractivity contribution in [1.82, 2.24) is 9.80 Å². The lowest BCUT2D eigenvalue weighted by Gasteiger charge is -2.25. The van der Waals surface area contributed by atoms with Crippen LogP contribution < -0.4 is 4.74 Å². The Morgan fingerprint density at radius 3 is 2.44 bits per heavy atom. The lowest BCUT2D eigenvalue weighted by molar-refractivity contribution is -0.135. The molecule has 0 aliphatic carbocycles. The molecule has 1 N–H and O–H groups in total. The lowest BCUT2D eigenvalue weighted by Crippen LogP contribution is -2.39. The van der Waals surface area contributed by atoms with Gasteiger partial charge in [0.25, 0.3) is 5.91 Å². The summed E-state index contributed by atoms with van der Waals surface area (Å²) in [5.74, 6) is 0.580. The van der Waals surface area contributed by atoms with Crippen LogP contribution in [0.25, 0.3) is 0 Å². The van der Waals surface area contributed by atoms with Crippen LogP contribution in [0.3, 0.4) is 0 Å². The summed E-state index contributed by atoms with van der Waals surface area (Å²) in [7, 11) is 1.59. The first kappa shape index (κ1) is 19.2. The molecule has 25 heavy (non-hydrogen) atoms. The summed E-state index contributed by atoms with van der Waals surface area (Å²) in [6, 6.07) is 5.45. The standard InChI is InChI=1S/C19H28N2O4/c1-14-6-7-15(12-16(14)25-4)18(23)21-9-5-8-20(10-11-21)17(22)13-19(2,3)24/h6-7,12,24H,5,8-11,13H2,1-4H3. The maximum Gasteiger partial charge on any atom is 0.254 e. The van der Waals surface area contributed by atoms with E-state index < -0.39 is 5.60 Å². The number of nitrogens with zero attached hydrogens (tertiary/aromatic N) is 2. The normalized spacial score (nSPS) is 15.7. The van der Waals surface area contributed by atoms with Gasteiger partial charge in [-0.3, -0.25) is 9.59 Å². The quantitative estimate of drug-likeness (QED) is 0.901. The Morgan fingerprint density at radius 1 is 1.16 bits per heavy atom. The third kappa shape index (κ3) is 5.19. The van der Waals surface area contributed by atoms with Crippen molar-refractivity contribution >= 4 is 11.8 Å². The SMILES string of the molecule is COc1cc(C(=O)N2CCCN(C(=O)CC(C)(C)O)CC2)ccc1C. The lowest BCUT2D eigenvalue weighted by atomic mass is 10.0. The first-order chi connectivity index (χ1) is 11.7. The highest BCUT2D eigenvalue weighted by molar-refractivity contribution is 5.94. The van der Waals surface area contributed by atoms with Crippen molar-refractivity contribution in [2.75, 3.05) is 33.3 Å². The van der Waals surface area contributed by atoms with Crippen molar-refractivity contribution in [1.29, 1.82) is 0 Å². The molecule has 1 heterocycles. The van der Waals surface area contributed by atoms with Crippen LogP contribution >= 0.6 is 0 Å². The van der Waals surface area contributed by atoms with Crippen LogP contribution in [0, 0.1) is 6.92 Å². The van der Waals surface area contributed by atoms with E-state index in [0.29, 0.717) is 37.5 Å². The van der Waals surface area contributed by atoms with E-state index in [-0.39, 0.29) is 18.2 Å². The maximum atomic E-state index is 12.8. The Balaban J connectivity index is 2.03. The second-order valence-corrected chi connectivity index (χ2v) is 7.20. The van der Waals surface area contributed by atoms with Crippen LogP contribution in [0.2, 0.25) is 0 Å². The van der Waals surface area contributed by atoms with Gasteiger partial charge in [0, 0.05) is 31.7 Å². The van der Waals surface area contributed by atoms with Gasteiger partial charge in [0.05, 0.1) is 19.1 Å². The number of carbonyl (C=O) groups excluding carboxylic acids is 2. The van der Waals surface area contributed by atoms with Crippen LogP contribution in [0.5, 0.6) is 5.75 Å². The number of benzene rings is 1. The Bertz CT molecular complexity index is 637. The number of amides is 2. The van der Waals surface area contributed by atoms with Crippen molar-refractivity contribution in [3.63, 3.8) is 0 Å². The Hall–Kier alpha value is -2.08. The average Bonchev–Trinajstić information content (AvgIpc) is 2.79. The van der Waals surface area contributed by atoms with Crippen LogP contribution in [0.1, 0.15) is 42.6 Å². The molecule has 6 heteroatoms. The molecular weight excluding hydrogens is 320 g/mol. The molecule has 138 valence electrons. The summed E-state index contributed by atoms with van der Waals surface area (Å²) in [6.45, 7) is 7.39. The zero-order chi connectivity index (χ0) is 18.6. The predicted molar refractivity (Wildman–Crippen MR) is 95.7 cm³/mol. The monoisotopic (exact) mass is 348 g/mol. The average molecular weight is 348 g/mol. The molecule has 1 aliphatic heterocycles. The molecule has 0 saturated carbocycles. The van der Waals surface area contributed by atoms with Crippen LogP contribution in [-0.2, 0) is 4.79 Å². The fourth-order valence-electron chi connectivity index (χ4n) is 2.99. The van der Waals surface area contributed by atoms with Gasteiger partial charge in [-0.25, -0.2) is 0 Å². The second kappa shape index (κ2) is 7.87. The number of ether oxygens (including phenoxy) is 1. The molecule has 1 aromatic rings. The molecule has 1 fully saturated rings. The van der Waals surface area contributed by atoms with Gasteiger partial charge in [0.1, 0.15) is 5.75 Å². The number of hydrogen-bond acceptors (Lipinski definition) is 4. The van der Waals surface area contributed by atoms with Crippen molar-refractivity contribution in [2.24, 2.45) is 0 Å². The number of aryl methyl sites for hydroxylation is 1. The molecule has 0 aromatic heterocycles. The molecule has 1 aliphatic rings. The van der Waals surface area contributed by atoms with Crippen LogP contribution in [-0.4, -0.2) is 65.6 Å². The zero-order valence-electron chi connectivity index (χ0n) is 15.5. The van der Waals surface area contributed by atoms with E-state index >= 15 is 0 Å². The van der Waals surface area contributed by atoms with Gasteiger partial charge in [0.15, 0.2) is 0 Å². The minimum absolute atomic E-state index is 0.0462. The van der Waals surface area contributed by atoms with Gasteiger partial charge in [-0.15, -0.1) is 0 Å². The summed E-state index contributed by atoms with van der Waals surface area (Å²) < 4.78 is 5.30. The fraction of sp³-hybridized carbons (Fsp3) is 0.579. The second-order valence-electron chi connectivity index (χ2n) is 7.20. The molecule has 0 spiro atoms. The van der Waals surface area contributed by atoms with Crippen molar-refractivity contribution in [2.45, 2.75) is 39.2 Å². The largest absolute Gasteiger partial charge is 0.496 e. The molecule has 2 amide bonds. The Morgan fingerprint density at radius 2 is 1.80 bits per heavy atom. The third-order valence-corrected chi connectivity index (χ3v) is 4.37. The molecule has 2 rings (SSSR count). The van der Waals surface area contributed by atoms with E-state index in [4.69, 9.17) is 4.74 Å². The Labute approximate surface area is 149 Å². The minimum atomic E-state index is -1.02. The van der Waals surface area contributed by atoms with E-state index in [1.54, 1.807) is 36.8 Å². The van der Waals surface area contributed by atoms with Crippen LogP contribution in [0.15, 0.2) is 18.2 Å². The van der Waals surface area contributed by atoms with Crippen molar-refractivity contribution < 1.29 is 19.4 Å². The predicted octanol–water partition coefficient (Wildman–Crippen LogP) is 1.84. The minimum Gasteiger partial charge on any atom is -0.496 e. The highest BCUT2D eigenvalue weighted by Crippen LogP contribution is 2.21. The zero-order valence-corrected chi connectivity index (χ0v) is 15.5. The fourth-order valence-corrected chi connectivity index (χ4v) is 2.99. The number of hydrogen-bond donors (Lipinski definition) is 1. The summed E-state index contributed by atoms with van der Waals surface area (Å²) in [4.78, 5) is 28.6. The Kier molecular flexibility index (Phi) is 6.06. The molecule has 1 saturated heterocycles.